The van der Waals surface area contributed by atoms with Crippen LogP contribution in [0.1, 0.15) is 58.8 Å². The number of likely N-dealkylation sites (tertiary alicyclic amines) is 1. The van der Waals surface area contributed by atoms with Gasteiger partial charge in [0.2, 0.25) is 5.91 Å². The lowest BCUT2D eigenvalue weighted by atomic mass is 9.98. The van der Waals surface area contributed by atoms with Crippen LogP contribution in [0, 0.1) is 5.92 Å². The Morgan fingerprint density at radius 2 is 2.00 bits per heavy atom. The molecule has 0 aromatic rings. The van der Waals surface area contributed by atoms with Crippen molar-refractivity contribution in [1.29, 1.82) is 0 Å². The summed E-state index contributed by atoms with van der Waals surface area (Å²) in [7, 11) is 2.20. The van der Waals surface area contributed by atoms with Crippen LogP contribution in [-0.4, -0.2) is 53.6 Å². The summed E-state index contributed by atoms with van der Waals surface area (Å²) in [6.45, 7) is 6.61. The predicted octanol–water partition coefficient (Wildman–Crippen LogP) is 2.20. The average molecular weight is 293 g/mol. The molecule has 2 atom stereocenters. The Morgan fingerprint density at radius 1 is 1.29 bits per heavy atom. The molecule has 0 aromatic carbocycles. The van der Waals surface area contributed by atoms with E-state index in [0.29, 0.717) is 17.9 Å². The third kappa shape index (κ3) is 2.85. The number of rotatable bonds is 4. The molecule has 1 amide bonds. The van der Waals surface area contributed by atoms with Crippen LogP contribution in [0.5, 0.6) is 0 Å². The van der Waals surface area contributed by atoms with E-state index in [-0.39, 0.29) is 11.7 Å². The van der Waals surface area contributed by atoms with Gasteiger partial charge in [-0.15, -0.1) is 0 Å². The van der Waals surface area contributed by atoms with Gasteiger partial charge in [-0.2, -0.15) is 0 Å². The second-order valence-electron chi connectivity index (χ2n) is 7.81. The highest BCUT2D eigenvalue weighted by Gasteiger charge is 2.52. The molecule has 4 heteroatoms. The average Bonchev–Trinajstić information content (AvgIpc) is 3.09. The third-order valence-electron chi connectivity index (χ3n) is 5.72. The first kappa shape index (κ1) is 15.3. The van der Waals surface area contributed by atoms with Gasteiger partial charge in [-0.1, -0.05) is 26.7 Å². The van der Waals surface area contributed by atoms with E-state index in [1.807, 2.05) is 0 Å². The van der Waals surface area contributed by atoms with Crippen LogP contribution in [0.15, 0.2) is 0 Å². The van der Waals surface area contributed by atoms with Crippen LogP contribution in [0.2, 0.25) is 0 Å². The molecule has 0 aromatic heterocycles. The van der Waals surface area contributed by atoms with Gasteiger partial charge in [-0.3, -0.25) is 10.1 Å². The number of amides is 1. The maximum absolute atomic E-state index is 13.1. The standard InChI is InChI=1S/C17H31N3O/c1-13(2)11-15-18-17(8-4-5-9-17)16(21)20(15)12-14-7-6-10-19(14)3/h13-15,18H,4-12H2,1-3H3. The molecule has 2 aliphatic heterocycles. The van der Waals surface area contributed by atoms with Gasteiger partial charge in [0, 0.05) is 12.6 Å². The largest absolute Gasteiger partial charge is 0.324 e. The van der Waals surface area contributed by atoms with E-state index in [0.717, 1.165) is 25.8 Å². The number of likely N-dealkylation sites (N-methyl/N-ethyl adjacent to an activating group) is 1. The van der Waals surface area contributed by atoms with Crippen LogP contribution >= 0.6 is 0 Å². The minimum absolute atomic E-state index is 0.212. The third-order valence-corrected chi connectivity index (χ3v) is 5.72. The molecule has 3 rings (SSSR count). The van der Waals surface area contributed by atoms with E-state index in [9.17, 15) is 4.79 Å². The summed E-state index contributed by atoms with van der Waals surface area (Å²) in [5.41, 5.74) is -0.212. The Labute approximate surface area is 129 Å². The molecular weight excluding hydrogens is 262 g/mol. The number of carbonyl (C=O) groups is 1. The van der Waals surface area contributed by atoms with Crippen LogP contribution in [0.4, 0.5) is 0 Å². The van der Waals surface area contributed by atoms with E-state index < -0.39 is 0 Å². The van der Waals surface area contributed by atoms with Crippen molar-refractivity contribution in [2.24, 2.45) is 5.92 Å². The summed E-state index contributed by atoms with van der Waals surface area (Å²) in [5.74, 6) is 1.02. The Morgan fingerprint density at radius 3 is 2.57 bits per heavy atom. The normalized spacial score (nSPS) is 33.0. The van der Waals surface area contributed by atoms with Gasteiger partial charge < -0.3 is 9.80 Å². The van der Waals surface area contributed by atoms with Gasteiger partial charge in [-0.25, -0.2) is 0 Å². The van der Waals surface area contributed by atoms with Gasteiger partial charge in [0.25, 0.3) is 0 Å². The van der Waals surface area contributed by atoms with E-state index in [1.165, 1.54) is 32.2 Å². The summed E-state index contributed by atoms with van der Waals surface area (Å²) in [4.78, 5) is 17.7. The van der Waals surface area contributed by atoms with Crippen molar-refractivity contribution in [3.05, 3.63) is 0 Å². The van der Waals surface area contributed by atoms with Gasteiger partial charge in [0.1, 0.15) is 0 Å². The summed E-state index contributed by atoms with van der Waals surface area (Å²) in [6.07, 6.45) is 8.32. The second kappa shape index (κ2) is 5.88. The second-order valence-corrected chi connectivity index (χ2v) is 7.81. The lowest BCUT2D eigenvalue weighted by Crippen LogP contribution is -2.46. The Kier molecular flexibility index (Phi) is 4.28. The lowest BCUT2D eigenvalue weighted by molar-refractivity contribution is -0.133. The van der Waals surface area contributed by atoms with Crippen LogP contribution in [0.3, 0.4) is 0 Å². The molecule has 120 valence electrons. The zero-order valence-electron chi connectivity index (χ0n) is 13.9. The van der Waals surface area contributed by atoms with Crippen molar-refractivity contribution in [1.82, 2.24) is 15.1 Å². The number of hydrogen-bond acceptors (Lipinski definition) is 3. The highest BCUT2D eigenvalue weighted by atomic mass is 16.2. The molecule has 2 unspecified atom stereocenters. The monoisotopic (exact) mass is 293 g/mol. The molecule has 3 aliphatic rings. The quantitative estimate of drug-likeness (QED) is 0.863. The zero-order valence-corrected chi connectivity index (χ0v) is 13.9. The highest BCUT2D eigenvalue weighted by molar-refractivity contribution is 5.89. The van der Waals surface area contributed by atoms with Crippen molar-refractivity contribution >= 4 is 5.91 Å². The van der Waals surface area contributed by atoms with Crippen LogP contribution in [0.25, 0.3) is 0 Å². The minimum atomic E-state index is -0.212. The van der Waals surface area contributed by atoms with E-state index in [1.54, 1.807) is 0 Å². The molecule has 4 nitrogen and oxygen atoms in total. The molecule has 1 saturated carbocycles. The van der Waals surface area contributed by atoms with Crippen molar-refractivity contribution in [2.75, 3.05) is 20.1 Å². The molecule has 2 saturated heterocycles. The number of nitrogens with one attached hydrogen (secondary N) is 1. The Hall–Kier alpha value is -0.610. The van der Waals surface area contributed by atoms with Gasteiger partial charge in [-0.05, 0) is 51.6 Å². The summed E-state index contributed by atoms with van der Waals surface area (Å²) >= 11 is 0. The smallest absolute Gasteiger partial charge is 0.244 e. The fourth-order valence-electron chi connectivity index (χ4n) is 4.49. The number of hydrogen-bond donors (Lipinski definition) is 1. The number of nitrogens with zero attached hydrogens (tertiary/aromatic N) is 2. The number of carbonyl (C=O) groups excluding carboxylic acids is 1. The van der Waals surface area contributed by atoms with E-state index in [4.69, 9.17) is 0 Å². The maximum Gasteiger partial charge on any atom is 0.244 e. The van der Waals surface area contributed by atoms with Gasteiger partial charge in [0.15, 0.2) is 0 Å². The van der Waals surface area contributed by atoms with Crippen molar-refractivity contribution in [3.8, 4) is 0 Å². The molecule has 0 bridgehead atoms. The van der Waals surface area contributed by atoms with E-state index >= 15 is 0 Å². The predicted molar refractivity (Wildman–Crippen MR) is 84.9 cm³/mol. The Bertz CT molecular complexity index is 389. The summed E-state index contributed by atoms with van der Waals surface area (Å²) in [5, 5.41) is 3.74. The first-order valence-corrected chi connectivity index (χ1v) is 8.81. The topological polar surface area (TPSA) is 35.6 Å². The van der Waals surface area contributed by atoms with Crippen LogP contribution in [-0.2, 0) is 4.79 Å². The first-order valence-electron chi connectivity index (χ1n) is 8.81. The summed E-state index contributed by atoms with van der Waals surface area (Å²) < 4.78 is 0. The SMILES string of the molecule is CC(C)CC1NC2(CCCC2)C(=O)N1CC1CCCN1C. The van der Waals surface area contributed by atoms with Gasteiger partial charge >= 0.3 is 0 Å². The maximum atomic E-state index is 13.1. The van der Waals surface area contributed by atoms with Crippen molar-refractivity contribution in [3.63, 3.8) is 0 Å². The van der Waals surface area contributed by atoms with Crippen LogP contribution < -0.4 is 5.32 Å². The molecule has 1 N–H and O–H groups in total. The fraction of sp³-hybridized carbons (Fsp3) is 0.941. The minimum Gasteiger partial charge on any atom is -0.324 e. The zero-order chi connectivity index (χ0) is 15.0. The molecule has 2 heterocycles. The van der Waals surface area contributed by atoms with Crippen molar-refractivity contribution in [2.45, 2.75) is 76.5 Å². The molecule has 21 heavy (non-hydrogen) atoms. The van der Waals surface area contributed by atoms with E-state index in [2.05, 4.69) is 36.0 Å². The van der Waals surface area contributed by atoms with Crippen molar-refractivity contribution < 1.29 is 4.79 Å². The molecular formula is C17H31N3O. The lowest BCUT2D eigenvalue weighted by Gasteiger charge is -2.30. The fourth-order valence-corrected chi connectivity index (χ4v) is 4.49. The summed E-state index contributed by atoms with van der Waals surface area (Å²) in [6, 6.07) is 0.557. The Balaban J connectivity index is 1.75. The molecule has 1 aliphatic carbocycles. The molecule has 0 radical (unpaired) electrons. The molecule has 3 fully saturated rings. The van der Waals surface area contributed by atoms with Gasteiger partial charge in [0.05, 0.1) is 11.7 Å². The molecule has 1 spiro atoms. The first-order chi connectivity index (χ1) is 10.0. The highest BCUT2D eigenvalue weighted by Crippen LogP contribution is 2.38.